The van der Waals surface area contributed by atoms with Gasteiger partial charge in [0, 0.05) is 36.3 Å². The van der Waals surface area contributed by atoms with E-state index in [4.69, 9.17) is 16.3 Å². The van der Waals surface area contributed by atoms with E-state index in [9.17, 15) is 0 Å². The molecule has 3 nitrogen and oxygen atoms in total. The number of nitrogens with zero attached hydrogens (tertiary/aromatic N) is 1. The number of nitrogens with one attached hydrogen (secondary N) is 1. The second-order valence-corrected chi connectivity index (χ2v) is 5.76. The van der Waals surface area contributed by atoms with Gasteiger partial charge in [-0.2, -0.15) is 0 Å². The zero-order valence-corrected chi connectivity index (χ0v) is 12.9. The van der Waals surface area contributed by atoms with Crippen molar-refractivity contribution in [3.63, 3.8) is 0 Å². The largest absolute Gasteiger partial charge is 0.383 e. The van der Waals surface area contributed by atoms with Gasteiger partial charge in [-0.25, -0.2) is 4.98 Å². The molecule has 106 valence electrons. The molecule has 1 heterocycles. The van der Waals surface area contributed by atoms with E-state index in [-0.39, 0.29) is 0 Å². The molecule has 0 aliphatic carbocycles. The van der Waals surface area contributed by atoms with E-state index in [1.54, 1.807) is 18.9 Å². The minimum absolute atomic E-state index is 0.718. The molecule has 0 aliphatic rings. The van der Waals surface area contributed by atoms with E-state index in [1.807, 2.05) is 36.5 Å². The summed E-state index contributed by atoms with van der Waals surface area (Å²) in [5.41, 5.74) is 1.16. The highest BCUT2D eigenvalue weighted by atomic mass is 35.5. The number of aromatic nitrogens is 1. The summed E-state index contributed by atoms with van der Waals surface area (Å²) in [7, 11) is 1.70. The average Bonchev–Trinajstić information content (AvgIpc) is 2.45. The van der Waals surface area contributed by atoms with Gasteiger partial charge in [0.1, 0.15) is 5.03 Å². The lowest BCUT2D eigenvalue weighted by Crippen LogP contribution is -2.18. The summed E-state index contributed by atoms with van der Waals surface area (Å²) in [6.07, 6.45) is 1.90. The fraction of sp³-hybridized carbons (Fsp3) is 0.267. The Balaban J connectivity index is 1.88. The fourth-order valence-corrected chi connectivity index (χ4v) is 2.70. The van der Waals surface area contributed by atoms with Crippen molar-refractivity contribution in [1.29, 1.82) is 0 Å². The molecule has 1 N–H and O–H groups in total. The summed E-state index contributed by atoms with van der Waals surface area (Å²) < 4.78 is 4.98. The molecular weight excluding hydrogens is 292 g/mol. The van der Waals surface area contributed by atoms with Crippen molar-refractivity contribution in [2.75, 3.05) is 20.3 Å². The highest BCUT2D eigenvalue weighted by Crippen LogP contribution is 2.27. The van der Waals surface area contributed by atoms with Crippen molar-refractivity contribution in [3.8, 4) is 0 Å². The zero-order chi connectivity index (χ0) is 14.2. The van der Waals surface area contributed by atoms with Crippen LogP contribution in [0.4, 0.5) is 0 Å². The van der Waals surface area contributed by atoms with Gasteiger partial charge in [0.25, 0.3) is 0 Å². The maximum Gasteiger partial charge on any atom is 0.101 e. The molecule has 0 radical (unpaired) electrons. The van der Waals surface area contributed by atoms with E-state index in [1.165, 1.54) is 0 Å². The standard InChI is InChI=1S/C15H17ClN2OS/c1-19-8-7-17-10-12-5-6-15(18-11-12)20-14-4-2-3-13(16)9-14/h2-6,9,11,17H,7-8,10H2,1H3. The predicted octanol–water partition coefficient (Wildman–Crippen LogP) is 3.62. The van der Waals surface area contributed by atoms with E-state index in [0.717, 1.165) is 40.2 Å². The number of rotatable bonds is 7. The molecule has 0 bridgehead atoms. The Bertz CT molecular complexity index is 534. The maximum absolute atomic E-state index is 5.97. The van der Waals surface area contributed by atoms with Gasteiger partial charge in [-0.05, 0) is 29.8 Å². The molecule has 0 amide bonds. The van der Waals surface area contributed by atoms with Crippen LogP contribution in [-0.4, -0.2) is 25.2 Å². The van der Waals surface area contributed by atoms with Crippen molar-refractivity contribution in [3.05, 3.63) is 53.2 Å². The average molecular weight is 309 g/mol. The van der Waals surface area contributed by atoms with Gasteiger partial charge in [0.15, 0.2) is 0 Å². The number of hydrogen-bond acceptors (Lipinski definition) is 4. The number of pyridine rings is 1. The van der Waals surface area contributed by atoms with Crippen LogP contribution in [0, 0.1) is 0 Å². The first-order valence-corrected chi connectivity index (χ1v) is 7.55. The van der Waals surface area contributed by atoms with Crippen LogP contribution < -0.4 is 5.32 Å². The van der Waals surface area contributed by atoms with E-state index < -0.39 is 0 Å². The highest BCUT2D eigenvalue weighted by molar-refractivity contribution is 7.99. The topological polar surface area (TPSA) is 34.1 Å². The van der Waals surface area contributed by atoms with Crippen molar-refractivity contribution in [2.45, 2.75) is 16.5 Å². The van der Waals surface area contributed by atoms with Gasteiger partial charge in [-0.1, -0.05) is 35.5 Å². The number of methoxy groups -OCH3 is 1. The van der Waals surface area contributed by atoms with Crippen molar-refractivity contribution in [2.24, 2.45) is 0 Å². The van der Waals surface area contributed by atoms with Crippen LogP contribution in [0.5, 0.6) is 0 Å². The van der Waals surface area contributed by atoms with E-state index in [2.05, 4.69) is 16.4 Å². The molecule has 0 fully saturated rings. The highest BCUT2D eigenvalue weighted by Gasteiger charge is 2.00. The van der Waals surface area contributed by atoms with Crippen molar-refractivity contribution in [1.82, 2.24) is 10.3 Å². The first kappa shape index (κ1) is 15.3. The van der Waals surface area contributed by atoms with Crippen molar-refractivity contribution < 1.29 is 4.74 Å². The number of ether oxygens (including phenoxy) is 1. The molecule has 1 aromatic carbocycles. The SMILES string of the molecule is COCCNCc1ccc(Sc2cccc(Cl)c2)nc1. The lowest BCUT2D eigenvalue weighted by Gasteiger charge is -2.05. The molecule has 0 saturated heterocycles. The number of hydrogen-bond donors (Lipinski definition) is 1. The lowest BCUT2D eigenvalue weighted by atomic mass is 10.3. The summed E-state index contributed by atoms with van der Waals surface area (Å²) in [4.78, 5) is 5.54. The molecule has 0 saturated carbocycles. The molecule has 0 unspecified atom stereocenters. The number of halogens is 1. The maximum atomic E-state index is 5.97. The minimum Gasteiger partial charge on any atom is -0.383 e. The summed E-state index contributed by atoms with van der Waals surface area (Å²) in [5, 5.41) is 5.00. The van der Waals surface area contributed by atoms with Gasteiger partial charge < -0.3 is 10.1 Å². The first-order chi connectivity index (χ1) is 9.78. The second kappa shape index (κ2) is 8.27. The first-order valence-electron chi connectivity index (χ1n) is 6.36. The molecule has 2 rings (SSSR count). The van der Waals surface area contributed by atoms with Gasteiger partial charge in [0.05, 0.1) is 6.61 Å². The monoisotopic (exact) mass is 308 g/mol. The Morgan fingerprint density at radius 1 is 1.30 bits per heavy atom. The molecule has 0 atom stereocenters. The van der Waals surface area contributed by atoms with Crippen LogP contribution in [0.3, 0.4) is 0 Å². The number of benzene rings is 1. The second-order valence-electron chi connectivity index (χ2n) is 4.23. The van der Waals surface area contributed by atoms with Gasteiger partial charge in [-0.15, -0.1) is 0 Å². The third-order valence-electron chi connectivity index (χ3n) is 2.63. The lowest BCUT2D eigenvalue weighted by molar-refractivity contribution is 0.199. The Kier molecular flexibility index (Phi) is 6.33. The molecule has 0 spiro atoms. The molecule has 5 heteroatoms. The van der Waals surface area contributed by atoms with Crippen LogP contribution in [0.25, 0.3) is 0 Å². The molecule has 2 aromatic rings. The third-order valence-corrected chi connectivity index (χ3v) is 3.80. The normalized spacial score (nSPS) is 10.7. The van der Waals surface area contributed by atoms with Crippen LogP contribution in [-0.2, 0) is 11.3 Å². The molecule has 20 heavy (non-hydrogen) atoms. The zero-order valence-electron chi connectivity index (χ0n) is 11.3. The summed E-state index contributed by atoms with van der Waals surface area (Å²) in [5.74, 6) is 0. The Labute approximate surface area is 128 Å². The van der Waals surface area contributed by atoms with Gasteiger partial charge >= 0.3 is 0 Å². The Morgan fingerprint density at radius 3 is 2.90 bits per heavy atom. The summed E-state index contributed by atoms with van der Waals surface area (Å²) in [6, 6.07) is 11.9. The minimum atomic E-state index is 0.718. The summed E-state index contributed by atoms with van der Waals surface area (Å²) in [6.45, 7) is 2.37. The van der Waals surface area contributed by atoms with Crippen LogP contribution >= 0.6 is 23.4 Å². The summed E-state index contributed by atoms with van der Waals surface area (Å²) >= 11 is 7.57. The third kappa shape index (κ3) is 5.13. The Morgan fingerprint density at radius 2 is 2.20 bits per heavy atom. The molecule has 0 aliphatic heterocycles. The van der Waals surface area contributed by atoms with E-state index >= 15 is 0 Å². The Hall–Kier alpha value is -1.07. The smallest absolute Gasteiger partial charge is 0.101 e. The quantitative estimate of drug-likeness (QED) is 0.792. The fourth-order valence-electron chi connectivity index (χ4n) is 1.63. The predicted molar refractivity (Wildman–Crippen MR) is 83.4 cm³/mol. The molecule has 1 aromatic heterocycles. The molecular formula is C15H17ClN2OS. The van der Waals surface area contributed by atoms with Crippen molar-refractivity contribution >= 4 is 23.4 Å². The van der Waals surface area contributed by atoms with Crippen LogP contribution in [0.15, 0.2) is 52.5 Å². The van der Waals surface area contributed by atoms with Gasteiger partial charge in [0.2, 0.25) is 0 Å². The van der Waals surface area contributed by atoms with Gasteiger partial charge in [-0.3, -0.25) is 0 Å². The van der Waals surface area contributed by atoms with Crippen LogP contribution in [0.2, 0.25) is 5.02 Å². The van der Waals surface area contributed by atoms with E-state index in [0.29, 0.717) is 0 Å². The van der Waals surface area contributed by atoms with Crippen LogP contribution in [0.1, 0.15) is 5.56 Å².